The minimum absolute atomic E-state index is 0.0621. The van der Waals surface area contributed by atoms with Gasteiger partial charge in [-0.25, -0.2) is 0 Å². The van der Waals surface area contributed by atoms with Gasteiger partial charge in [-0.15, -0.1) is 0 Å². The minimum Gasteiger partial charge on any atom is -0.389 e. The summed E-state index contributed by atoms with van der Waals surface area (Å²) in [5.41, 5.74) is 5.28. The molecule has 3 atom stereocenters. The number of hydrogen-bond donors (Lipinski definition) is 4. The number of aliphatic hydroxyl groups excluding tert-OH is 3. The topological polar surface area (TPSA) is 112 Å². The normalized spacial score (nSPS) is 16.1. The molecule has 0 aliphatic heterocycles. The Balaban J connectivity index is 4.21. The largest absolute Gasteiger partial charge is 0.389 e. The zero-order chi connectivity index (χ0) is 20.9. The highest BCUT2D eigenvalue weighted by atomic mass is 16.5. The number of aliphatic hydroxyl groups is 3. The van der Waals surface area contributed by atoms with E-state index in [1.165, 1.54) is 0 Å². The molecule has 0 aliphatic rings. The van der Waals surface area contributed by atoms with E-state index in [0.29, 0.717) is 6.54 Å². The van der Waals surface area contributed by atoms with Crippen molar-refractivity contribution in [2.45, 2.75) is 18.3 Å². The van der Waals surface area contributed by atoms with E-state index < -0.39 is 18.3 Å². The summed E-state index contributed by atoms with van der Waals surface area (Å²) in [6.45, 7) is 4.89. The molecule has 0 radical (unpaired) electrons. The van der Waals surface area contributed by atoms with Crippen LogP contribution < -0.4 is 5.73 Å². The quantitative estimate of drug-likeness (QED) is 0.202. The highest BCUT2D eigenvalue weighted by Crippen LogP contribution is 2.06. The van der Waals surface area contributed by atoms with Gasteiger partial charge < -0.3 is 44.8 Å². The van der Waals surface area contributed by atoms with Crippen LogP contribution in [0.2, 0.25) is 0 Å². The van der Waals surface area contributed by atoms with Crippen molar-refractivity contribution in [2.75, 3.05) is 101 Å². The van der Waals surface area contributed by atoms with Crippen LogP contribution in [0, 0.1) is 0 Å². The lowest BCUT2D eigenvalue weighted by atomic mass is 10.2. The molecule has 0 fully saturated rings. The van der Waals surface area contributed by atoms with Gasteiger partial charge in [-0.2, -0.15) is 0 Å². The summed E-state index contributed by atoms with van der Waals surface area (Å²) >= 11 is 0. The van der Waals surface area contributed by atoms with Crippen molar-refractivity contribution in [3.8, 4) is 0 Å². The molecule has 0 aromatic heterocycles. The first kappa shape index (κ1) is 26.6. The van der Waals surface area contributed by atoms with E-state index in [9.17, 15) is 15.3 Å². The summed E-state index contributed by atoms with van der Waals surface area (Å²) < 4.78 is 11.4. The summed E-state index contributed by atoms with van der Waals surface area (Å²) in [7, 11) is 10.3. The van der Waals surface area contributed by atoms with Crippen LogP contribution in [0.1, 0.15) is 0 Å². The second kappa shape index (κ2) is 14.6. The molecule has 0 saturated heterocycles. The molecule has 0 aromatic carbocycles. The SMILES string of the molecule is CN(C)CC[N+](C)(CCN(C)C)CC(O)COCC(O)COCC(O)CN. The first-order chi connectivity index (χ1) is 12.6. The summed E-state index contributed by atoms with van der Waals surface area (Å²) in [5, 5.41) is 29.5. The van der Waals surface area contributed by atoms with E-state index in [4.69, 9.17) is 15.2 Å². The summed E-state index contributed by atoms with van der Waals surface area (Å²) in [6, 6.07) is 0. The third kappa shape index (κ3) is 15.3. The van der Waals surface area contributed by atoms with E-state index in [2.05, 4.69) is 16.8 Å². The van der Waals surface area contributed by atoms with E-state index in [-0.39, 0.29) is 33.0 Å². The third-order valence-electron chi connectivity index (χ3n) is 4.34. The fourth-order valence-electron chi connectivity index (χ4n) is 2.54. The molecular formula is C18H43N4O5+. The highest BCUT2D eigenvalue weighted by molar-refractivity contribution is 4.59. The van der Waals surface area contributed by atoms with Crippen LogP contribution in [-0.4, -0.2) is 149 Å². The van der Waals surface area contributed by atoms with Crippen LogP contribution in [0.4, 0.5) is 0 Å². The molecule has 0 saturated carbocycles. The number of rotatable bonds is 17. The molecule has 0 bridgehead atoms. The Morgan fingerprint density at radius 2 is 1.19 bits per heavy atom. The van der Waals surface area contributed by atoms with Crippen LogP contribution >= 0.6 is 0 Å². The zero-order valence-corrected chi connectivity index (χ0v) is 17.9. The molecule has 5 N–H and O–H groups in total. The van der Waals surface area contributed by atoms with Crippen molar-refractivity contribution >= 4 is 0 Å². The van der Waals surface area contributed by atoms with Crippen molar-refractivity contribution < 1.29 is 29.3 Å². The van der Waals surface area contributed by atoms with Crippen LogP contribution in [0.25, 0.3) is 0 Å². The summed E-state index contributed by atoms with van der Waals surface area (Å²) in [6.07, 6.45) is -2.13. The van der Waals surface area contributed by atoms with Gasteiger partial charge in [0.05, 0.1) is 52.7 Å². The molecule has 164 valence electrons. The second-order valence-corrected chi connectivity index (χ2v) is 8.13. The molecular weight excluding hydrogens is 352 g/mol. The van der Waals surface area contributed by atoms with Gasteiger partial charge in [-0.1, -0.05) is 0 Å². The van der Waals surface area contributed by atoms with Gasteiger partial charge in [-0.05, 0) is 28.2 Å². The van der Waals surface area contributed by atoms with E-state index in [0.717, 1.165) is 30.7 Å². The third-order valence-corrected chi connectivity index (χ3v) is 4.34. The first-order valence-electron chi connectivity index (χ1n) is 9.60. The molecule has 9 nitrogen and oxygen atoms in total. The van der Waals surface area contributed by atoms with Crippen molar-refractivity contribution in [1.82, 2.24) is 9.80 Å². The number of hydrogen-bond acceptors (Lipinski definition) is 8. The lowest BCUT2D eigenvalue weighted by Crippen LogP contribution is -2.55. The highest BCUT2D eigenvalue weighted by Gasteiger charge is 2.26. The molecule has 0 rings (SSSR count). The average molecular weight is 396 g/mol. The van der Waals surface area contributed by atoms with Crippen LogP contribution in [0.15, 0.2) is 0 Å². The Morgan fingerprint density at radius 1 is 0.778 bits per heavy atom. The van der Waals surface area contributed by atoms with Crippen molar-refractivity contribution in [2.24, 2.45) is 5.73 Å². The molecule has 0 aliphatic carbocycles. The molecule has 0 aromatic rings. The zero-order valence-electron chi connectivity index (χ0n) is 17.9. The van der Waals surface area contributed by atoms with Gasteiger partial charge in [0, 0.05) is 19.6 Å². The maximum absolute atomic E-state index is 10.4. The monoisotopic (exact) mass is 395 g/mol. The lowest BCUT2D eigenvalue weighted by molar-refractivity contribution is -0.911. The summed E-state index contributed by atoms with van der Waals surface area (Å²) in [4.78, 5) is 4.29. The standard InChI is InChI=1S/C18H43N4O5/c1-20(2)6-8-22(5,9-7-21(3)4)11-17(24)13-27-15-18(25)14-26-12-16(23)10-19/h16-18,23-25H,6-15,19H2,1-5H3/q+1. The Morgan fingerprint density at radius 3 is 1.59 bits per heavy atom. The Hall–Kier alpha value is -0.360. The Labute approximate surface area is 164 Å². The Bertz CT molecular complexity index is 349. The minimum atomic E-state index is -0.800. The van der Waals surface area contributed by atoms with Crippen LogP contribution in [0.3, 0.4) is 0 Å². The number of ether oxygens (including phenoxy) is 2. The smallest absolute Gasteiger partial charge is 0.126 e. The van der Waals surface area contributed by atoms with Gasteiger partial charge in [0.25, 0.3) is 0 Å². The lowest BCUT2D eigenvalue weighted by Gasteiger charge is -2.37. The number of quaternary nitrogens is 1. The van der Waals surface area contributed by atoms with Crippen LogP contribution in [-0.2, 0) is 9.47 Å². The van der Waals surface area contributed by atoms with E-state index >= 15 is 0 Å². The summed E-state index contributed by atoms with van der Waals surface area (Å²) in [5.74, 6) is 0. The van der Waals surface area contributed by atoms with Gasteiger partial charge in [0.2, 0.25) is 0 Å². The van der Waals surface area contributed by atoms with E-state index in [1.54, 1.807) is 0 Å². The second-order valence-electron chi connectivity index (χ2n) is 8.13. The molecule has 0 amide bonds. The fourth-order valence-corrected chi connectivity index (χ4v) is 2.54. The number of nitrogens with two attached hydrogens (primary N) is 1. The van der Waals surface area contributed by atoms with Crippen molar-refractivity contribution in [3.63, 3.8) is 0 Å². The Kier molecular flexibility index (Phi) is 14.4. The van der Waals surface area contributed by atoms with E-state index in [1.807, 2.05) is 28.2 Å². The van der Waals surface area contributed by atoms with Crippen molar-refractivity contribution in [1.29, 1.82) is 0 Å². The van der Waals surface area contributed by atoms with Gasteiger partial charge in [0.15, 0.2) is 0 Å². The predicted molar refractivity (Wildman–Crippen MR) is 107 cm³/mol. The number of likely N-dealkylation sites (N-methyl/N-ethyl adjacent to an activating group) is 3. The first-order valence-corrected chi connectivity index (χ1v) is 9.60. The van der Waals surface area contributed by atoms with Gasteiger partial charge in [0.1, 0.15) is 18.8 Å². The number of nitrogens with zero attached hydrogens (tertiary/aromatic N) is 3. The maximum Gasteiger partial charge on any atom is 0.126 e. The fraction of sp³-hybridized carbons (Fsp3) is 1.00. The maximum atomic E-state index is 10.4. The van der Waals surface area contributed by atoms with Gasteiger partial charge in [-0.3, -0.25) is 0 Å². The molecule has 0 spiro atoms. The molecule has 27 heavy (non-hydrogen) atoms. The molecule has 3 unspecified atom stereocenters. The average Bonchev–Trinajstić information content (AvgIpc) is 2.58. The molecule has 9 heteroatoms. The van der Waals surface area contributed by atoms with Crippen LogP contribution in [0.5, 0.6) is 0 Å². The van der Waals surface area contributed by atoms with Gasteiger partial charge >= 0.3 is 0 Å². The molecule has 0 heterocycles. The van der Waals surface area contributed by atoms with Crippen molar-refractivity contribution in [3.05, 3.63) is 0 Å². The predicted octanol–water partition coefficient (Wildman–Crippen LogP) is -2.37.